The number of hydrogen-bond donors (Lipinski definition) is 1. The summed E-state index contributed by atoms with van der Waals surface area (Å²) in [6.07, 6.45) is 6.79. The Balaban J connectivity index is 1.44. The van der Waals surface area contributed by atoms with Crippen molar-refractivity contribution in [1.29, 1.82) is 0 Å². The maximum absolute atomic E-state index is 12.8. The van der Waals surface area contributed by atoms with E-state index in [1.165, 1.54) is 5.56 Å². The summed E-state index contributed by atoms with van der Waals surface area (Å²) in [6, 6.07) is 10.8. The second kappa shape index (κ2) is 8.66. The lowest BCUT2D eigenvalue weighted by atomic mass is 9.78. The summed E-state index contributed by atoms with van der Waals surface area (Å²) < 4.78 is 0. The molecule has 1 amide bonds. The van der Waals surface area contributed by atoms with E-state index in [0.717, 1.165) is 70.6 Å². The van der Waals surface area contributed by atoms with E-state index < -0.39 is 0 Å². The molecule has 1 aromatic carbocycles. The van der Waals surface area contributed by atoms with Crippen molar-refractivity contribution in [3.05, 3.63) is 35.9 Å². The summed E-state index contributed by atoms with van der Waals surface area (Å²) >= 11 is 0. The molecule has 3 nitrogen and oxygen atoms in total. The Hall–Kier alpha value is -1.35. The number of likely N-dealkylation sites (tertiary alicyclic amines) is 1. The van der Waals surface area contributed by atoms with E-state index in [-0.39, 0.29) is 5.92 Å². The molecule has 3 heteroatoms. The summed E-state index contributed by atoms with van der Waals surface area (Å²) in [7, 11) is 0. The minimum Gasteiger partial charge on any atom is -0.342 e. The molecule has 24 heavy (non-hydrogen) atoms. The van der Waals surface area contributed by atoms with Crippen LogP contribution in [0.4, 0.5) is 0 Å². The number of amides is 1. The fourth-order valence-electron chi connectivity index (χ4n) is 4.36. The van der Waals surface area contributed by atoms with Crippen molar-refractivity contribution in [1.82, 2.24) is 10.2 Å². The highest BCUT2D eigenvalue weighted by atomic mass is 16.2. The maximum Gasteiger partial charge on any atom is 0.225 e. The van der Waals surface area contributed by atoms with Crippen LogP contribution in [0.25, 0.3) is 0 Å². The molecule has 1 saturated carbocycles. The van der Waals surface area contributed by atoms with Crippen LogP contribution in [0.5, 0.6) is 0 Å². The van der Waals surface area contributed by atoms with E-state index in [9.17, 15) is 4.79 Å². The molecule has 1 aromatic rings. The summed E-state index contributed by atoms with van der Waals surface area (Å²) in [5.74, 6) is 2.11. The van der Waals surface area contributed by atoms with Crippen molar-refractivity contribution in [3.63, 3.8) is 0 Å². The normalized spacial score (nSPS) is 25.6. The van der Waals surface area contributed by atoms with Crippen molar-refractivity contribution in [2.45, 2.75) is 51.4 Å². The van der Waals surface area contributed by atoms with Crippen LogP contribution in [-0.4, -0.2) is 37.0 Å². The van der Waals surface area contributed by atoms with Gasteiger partial charge in [0.05, 0.1) is 0 Å². The van der Waals surface area contributed by atoms with Crippen LogP contribution in [0.2, 0.25) is 0 Å². The van der Waals surface area contributed by atoms with Gasteiger partial charge in [0.2, 0.25) is 5.91 Å². The second-order valence-electron chi connectivity index (χ2n) is 7.54. The van der Waals surface area contributed by atoms with Gasteiger partial charge in [0.25, 0.3) is 0 Å². The third-order valence-electron chi connectivity index (χ3n) is 5.96. The van der Waals surface area contributed by atoms with Gasteiger partial charge in [-0.3, -0.25) is 4.79 Å². The molecule has 1 saturated heterocycles. The first-order chi connectivity index (χ1) is 11.8. The molecule has 132 valence electrons. The van der Waals surface area contributed by atoms with E-state index in [0.29, 0.717) is 11.8 Å². The molecule has 0 bridgehead atoms. The van der Waals surface area contributed by atoms with Crippen LogP contribution < -0.4 is 5.32 Å². The lowest BCUT2D eigenvalue weighted by Gasteiger charge is -2.36. The predicted molar refractivity (Wildman–Crippen MR) is 99.0 cm³/mol. The minimum atomic E-state index is 0.273. The zero-order valence-corrected chi connectivity index (χ0v) is 15.0. The highest BCUT2D eigenvalue weighted by Crippen LogP contribution is 2.36. The SMILES string of the molecule is CCNCC1CCN(C(=O)C2CCC(c3ccccc3)CC2)CC1. The van der Waals surface area contributed by atoms with E-state index in [4.69, 9.17) is 0 Å². The number of nitrogens with zero attached hydrogens (tertiary/aromatic N) is 1. The Bertz CT molecular complexity index is 500. The molecule has 0 spiro atoms. The van der Waals surface area contributed by atoms with E-state index >= 15 is 0 Å². The van der Waals surface area contributed by atoms with Crippen molar-refractivity contribution in [2.75, 3.05) is 26.2 Å². The zero-order valence-electron chi connectivity index (χ0n) is 15.0. The number of hydrogen-bond acceptors (Lipinski definition) is 2. The third-order valence-corrected chi connectivity index (χ3v) is 5.96. The Morgan fingerprint density at radius 1 is 1.04 bits per heavy atom. The second-order valence-corrected chi connectivity index (χ2v) is 7.54. The van der Waals surface area contributed by atoms with E-state index in [2.05, 4.69) is 47.5 Å². The molecule has 3 rings (SSSR count). The first kappa shape index (κ1) is 17.5. The number of carbonyl (C=O) groups excluding carboxylic acids is 1. The number of benzene rings is 1. The highest BCUT2D eigenvalue weighted by Gasteiger charge is 2.31. The molecule has 0 radical (unpaired) electrons. The standard InChI is InChI=1S/C21H32N2O/c1-2-22-16-17-12-14-23(15-13-17)21(24)20-10-8-19(9-11-20)18-6-4-3-5-7-18/h3-7,17,19-20,22H,2,8-16H2,1H3. The number of piperidine rings is 1. The van der Waals surface area contributed by atoms with Crippen LogP contribution >= 0.6 is 0 Å². The van der Waals surface area contributed by atoms with Crippen molar-refractivity contribution in [3.8, 4) is 0 Å². The number of rotatable bonds is 5. The van der Waals surface area contributed by atoms with Crippen LogP contribution in [0.3, 0.4) is 0 Å². The Morgan fingerprint density at radius 3 is 2.33 bits per heavy atom. The van der Waals surface area contributed by atoms with Gasteiger partial charge in [-0.05, 0) is 69.0 Å². The van der Waals surface area contributed by atoms with Crippen LogP contribution in [-0.2, 0) is 4.79 Å². The summed E-state index contributed by atoms with van der Waals surface area (Å²) in [6.45, 7) is 6.25. The van der Waals surface area contributed by atoms with Gasteiger partial charge in [-0.1, -0.05) is 37.3 Å². The quantitative estimate of drug-likeness (QED) is 0.891. The van der Waals surface area contributed by atoms with Crippen LogP contribution in [0.1, 0.15) is 56.9 Å². The number of nitrogens with one attached hydrogen (secondary N) is 1. The van der Waals surface area contributed by atoms with Gasteiger partial charge in [0.15, 0.2) is 0 Å². The molecule has 2 aliphatic rings. The first-order valence-electron chi connectivity index (χ1n) is 9.82. The van der Waals surface area contributed by atoms with E-state index in [1.807, 2.05) is 0 Å². The lowest BCUT2D eigenvalue weighted by molar-refractivity contribution is -0.138. The Labute approximate surface area is 146 Å². The fourth-order valence-corrected chi connectivity index (χ4v) is 4.36. The molecule has 0 atom stereocenters. The predicted octanol–water partition coefficient (Wildman–Crippen LogP) is 3.81. The maximum atomic E-state index is 12.8. The van der Waals surface area contributed by atoms with Gasteiger partial charge >= 0.3 is 0 Å². The average Bonchev–Trinajstić information content (AvgIpc) is 2.67. The molecule has 1 N–H and O–H groups in total. The highest BCUT2D eigenvalue weighted by molar-refractivity contribution is 5.79. The molecule has 1 aliphatic carbocycles. The molecule has 1 aliphatic heterocycles. The van der Waals surface area contributed by atoms with Crippen LogP contribution in [0, 0.1) is 11.8 Å². The Morgan fingerprint density at radius 2 is 1.71 bits per heavy atom. The summed E-state index contributed by atoms with van der Waals surface area (Å²) in [5, 5.41) is 3.44. The molecular weight excluding hydrogens is 296 g/mol. The summed E-state index contributed by atoms with van der Waals surface area (Å²) in [4.78, 5) is 15.0. The first-order valence-corrected chi connectivity index (χ1v) is 9.82. The molecule has 1 heterocycles. The van der Waals surface area contributed by atoms with Crippen molar-refractivity contribution in [2.24, 2.45) is 11.8 Å². The van der Waals surface area contributed by atoms with Gasteiger partial charge in [-0.25, -0.2) is 0 Å². The monoisotopic (exact) mass is 328 g/mol. The van der Waals surface area contributed by atoms with Gasteiger partial charge in [0.1, 0.15) is 0 Å². The fraction of sp³-hybridized carbons (Fsp3) is 0.667. The van der Waals surface area contributed by atoms with E-state index in [1.54, 1.807) is 0 Å². The smallest absolute Gasteiger partial charge is 0.225 e. The number of carbonyl (C=O) groups is 1. The lowest BCUT2D eigenvalue weighted by Crippen LogP contribution is -2.44. The van der Waals surface area contributed by atoms with Crippen LogP contribution in [0.15, 0.2) is 30.3 Å². The van der Waals surface area contributed by atoms with Gasteiger partial charge in [0, 0.05) is 19.0 Å². The van der Waals surface area contributed by atoms with Gasteiger partial charge in [-0.2, -0.15) is 0 Å². The average molecular weight is 329 g/mol. The van der Waals surface area contributed by atoms with Gasteiger partial charge in [-0.15, -0.1) is 0 Å². The van der Waals surface area contributed by atoms with Gasteiger partial charge < -0.3 is 10.2 Å². The van der Waals surface area contributed by atoms with Crippen molar-refractivity contribution < 1.29 is 4.79 Å². The van der Waals surface area contributed by atoms with Crippen molar-refractivity contribution >= 4 is 5.91 Å². The summed E-state index contributed by atoms with van der Waals surface area (Å²) in [5.41, 5.74) is 1.45. The topological polar surface area (TPSA) is 32.3 Å². The largest absolute Gasteiger partial charge is 0.342 e. The molecule has 0 unspecified atom stereocenters. The molecule has 2 fully saturated rings. The minimum absolute atomic E-state index is 0.273. The Kier molecular flexibility index (Phi) is 6.30. The molecule has 0 aromatic heterocycles. The zero-order chi connectivity index (χ0) is 16.8. The molecular formula is C21H32N2O. The third kappa shape index (κ3) is 4.38.